The second kappa shape index (κ2) is 12.7. The zero-order chi connectivity index (χ0) is 12.1. The maximum atomic E-state index is 4.06. The first-order valence-corrected chi connectivity index (χ1v) is 5.61. The zero-order valence-corrected chi connectivity index (χ0v) is 10.8. The number of benzene rings is 1. The van der Waals surface area contributed by atoms with Crippen LogP contribution in [0.2, 0.25) is 0 Å². The van der Waals surface area contributed by atoms with Crippen LogP contribution in [0.3, 0.4) is 0 Å². The van der Waals surface area contributed by atoms with Gasteiger partial charge < -0.3 is 0 Å². The smallest absolute Gasteiger partial charge is 0.0561 e. The molecule has 86 valence electrons. The lowest BCUT2D eigenvalue weighted by atomic mass is 10.3. The molecule has 1 rings (SSSR count). The van der Waals surface area contributed by atoms with Crippen LogP contribution < -0.4 is 5.43 Å². The normalized spacial score (nSPS) is 7.33. The lowest BCUT2D eigenvalue weighted by Crippen LogP contribution is -1.91. The molecule has 0 radical (unpaired) electrons. The number of rotatable bonds is 2. The van der Waals surface area contributed by atoms with E-state index >= 15 is 0 Å². The zero-order valence-electron chi connectivity index (χ0n) is 10.8. The summed E-state index contributed by atoms with van der Waals surface area (Å²) in [6, 6.07) is 9.89. The van der Waals surface area contributed by atoms with Gasteiger partial charge in [0.2, 0.25) is 0 Å². The molecule has 0 aliphatic rings. The molecule has 1 aromatic rings. The summed E-state index contributed by atoms with van der Waals surface area (Å²) in [7, 11) is 0. The van der Waals surface area contributed by atoms with E-state index in [1.165, 1.54) is 0 Å². The van der Waals surface area contributed by atoms with Crippen molar-refractivity contribution in [3.8, 4) is 0 Å². The van der Waals surface area contributed by atoms with Gasteiger partial charge in [-0.1, -0.05) is 45.9 Å². The summed E-state index contributed by atoms with van der Waals surface area (Å²) in [6.07, 6.45) is 0. The summed E-state index contributed by atoms with van der Waals surface area (Å²) in [6.45, 7) is 11.9. The molecule has 0 spiro atoms. The maximum Gasteiger partial charge on any atom is 0.0561 e. The van der Waals surface area contributed by atoms with Crippen LogP contribution in [0.5, 0.6) is 0 Å². The van der Waals surface area contributed by atoms with E-state index in [1.807, 2.05) is 71.9 Å². The summed E-state index contributed by atoms with van der Waals surface area (Å²) < 4.78 is 0. The molecule has 2 heteroatoms. The van der Waals surface area contributed by atoms with E-state index in [-0.39, 0.29) is 0 Å². The maximum absolute atomic E-state index is 4.06. The monoisotopic (exact) mass is 208 g/mol. The highest BCUT2D eigenvalue weighted by atomic mass is 15.3. The minimum atomic E-state index is 1.02. The Morgan fingerprint density at radius 1 is 0.933 bits per heavy atom. The Morgan fingerprint density at radius 3 is 1.80 bits per heavy atom. The molecule has 0 fully saturated rings. The molecular formula is C13H24N2. The lowest BCUT2D eigenvalue weighted by Gasteiger charge is -1.98. The predicted octanol–water partition coefficient (Wildman–Crippen LogP) is 4.55. The first kappa shape index (κ1) is 16.1. The predicted molar refractivity (Wildman–Crippen MR) is 71.5 cm³/mol. The highest BCUT2D eigenvalue weighted by Gasteiger charge is 1.83. The fourth-order valence-corrected chi connectivity index (χ4v) is 0.689. The fourth-order valence-electron chi connectivity index (χ4n) is 0.689. The summed E-state index contributed by atoms with van der Waals surface area (Å²) in [5.41, 5.74) is 4.98. The van der Waals surface area contributed by atoms with Gasteiger partial charge in [0.1, 0.15) is 0 Å². The van der Waals surface area contributed by atoms with Crippen molar-refractivity contribution in [2.24, 2.45) is 5.10 Å². The van der Waals surface area contributed by atoms with Gasteiger partial charge in [-0.25, -0.2) is 0 Å². The Hall–Kier alpha value is -1.31. The summed E-state index contributed by atoms with van der Waals surface area (Å²) >= 11 is 0. The molecule has 0 aliphatic carbocycles. The van der Waals surface area contributed by atoms with E-state index in [1.54, 1.807) is 0 Å². The molecule has 0 heterocycles. The molecule has 0 saturated carbocycles. The Morgan fingerprint density at radius 2 is 1.40 bits per heavy atom. The Balaban J connectivity index is 0. The second-order valence-electron chi connectivity index (χ2n) is 2.54. The first-order chi connectivity index (χ1) is 7.29. The van der Waals surface area contributed by atoms with Gasteiger partial charge in [-0.2, -0.15) is 5.10 Å². The van der Waals surface area contributed by atoms with E-state index in [9.17, 15) is 0 Å². The third-order valence-corrected chi connectivity index (χ3v) is 1.18. The minimum absolute atomic E-state index is 1.02. The number of nitrogens with one attached hydrogen (secondary N) is 1. The van der Waals surface area contributed by atoms with E-state index in [0.29, 0.717) is 0 Å². The van der Waals surface area contributed by atoms with Gasteiger partial charge in [-0.3, -0.25) is 5.43 Å². The first-order valence-electron chi connectivity index (χ1n) is 5.61. The molecule has 0 unspecified atom stereocenters. The largest absolute Gasteiger partial charge is 0.279 e. The Kier molecular flexibility index (Phi) is 13.6. The van der Waals surface area contributed by atoms with Crippen molar-refractivity contribution < 1.29 is 0 Å². The van der Waals surface area contributed by atoms with Gasteiger partial charge in [0.25, 0.3) is 0 Å². The van der Waals surface area contributed by atoms with Crippen molar-refractivity contribution in [1.29, 1.82) is 0 Å². The van der Waals surface area contributed by atoms with Gasteiger partial charge >= 0.3 is 0 Å². The Bertz CT molecular complexity index is 236. The van der Waals surface area contributed by atoms with Gasteiger partial charge in [0, 0.05) is 5.71 Å². The van der Waals surface area contributed by atoms with Crippen molar-refractivity contribution in [3.05, 3.63) is 30.3 Å². The van der Waals surface area contributed by atoms with Gasteiger partial charge in [-0.15, -0.1) is 0 Å². The molecule has 0 aliphatic heterocycles. The Labute approximate surface area is 94.4 Å². The van der Waals surface area contributed by atoms with Crippen LogP contribution in [-0.2, 0) is 0 Å². The van der Waals surface area contributed by atoms with E-state index in [0.717, 1.165) is 11.4 Å². The van der Waals surface area contributed by atoms with Crippen LogP contribution in [0.4, 0.5) is 5.69 Å². The van der Waals surface area contributed by atoms with E-state index in [2.05, 4.69) is 10.5 Å². The lowest BCUT2D eigenvalue weighted by molar-refractivity contribution is 1.32. The molecule has 2 nitrogen and oxygen atoms in total. The standard InChI is InChI=1S/C9H12N2.2C2H6/c1-8(2)10-11-9-6-4-3-5-7-9;2*1-2/h3-7,11H,1-2H3;2*1-2H3. The van der Waals surface area contributed by atoms with Crippen molar-refractivity contribution in [3.63, 3.8) is 0 Å². The van der Waals surface area contributed by atoms with Crippen molar-refractivity contribution in [2.45, 2.75) is 41.5 Å². The molecule has 1 aromatic carbocycles. The molecule has 1 N–H and O–H groups in total. The number of nitrogens with zero attached hydrogens (tertiary/aromatic N) is 1. The van der Waals surface area contributed by atoms with Crippen LogP contribution in [0, 0.1) is 0 Å². The van der Waals surface area contributed by atoms with Crippen molar-refractivity contribution >= 4 is 11.4 Å². The van der Waals surface area contributed by atoms with Crippen LogP contribution in [0.15, 0.2) is 35.4 Å². The third-order valence-electron chi connectivity index (χ3n) is 1.18. The average molecular weight is 208 g/mol. The molecular weight excluding hydrogens is 184 g/mol. The summed E-state index contributed by atoms with van der Waals surface area (Å²) in [4.78, 5) is 0. The molecule has 0 atom stereocenters. The van der Waals surface area contributed by atoms with Crippen LogP contribution in [0.1, 0.15) is 41.5 Å². The summed E-state index contributed by atoms with van der Waals surface area (Å²) in [5.74, 6) is 0. The fraction of sp³-hybridized carbons (Fsp3) is 0.462. The summed E-state index contributed by atoms with van der Waals surface area (Å²) in [5, 5.41) is 4.06. The van der Waals surface area contributed by atoms with Crippen LogP contribution >= 0.6 is 0 Å². The van der Waals surface area contributed by atoms with Gasteiger partial charge in [0.15, 0.2) is 0 Å². The number of para-hydroxylation sites is 1. The molecule has 15 heavy (non-hydrogen) atoms. The van der Waals surface area contributed by atoms with Gasteiger partial charge in [-0.05, 0) is 26.0 Å². The number of anilines is 1. The third kappa shape index (κ3) is 10.6. The van der Waals surface area contributed by atoms with Crippen molar-refractivity contribution in [1.82, 2.24) is 0 Å². The number of hydrogen-bond acceptors (Lipinski definition) is 2. The van der Waals surface area contributed by atoms with E-state index < -0.39 is 0 Å². The molecule has 0 aromatic heterocycles. The minimum Gasteiger partial charge on any atom is -0.279 e. The number of hydrazone groups is 1. The molecule has 0 bridgehead atoms. The number of hydrogen-bond donors (Lipinski definition) is 1. The van der Waals surface area contributed by atoms with Gasteiger partial charge in [0.05, 0.1) is 5.69 Å². The topological polar surface area (TPSA) is 24.4 Å². The molecule has 0 saturated heterocycles. The van der Waals surface area contributed by atoms with E-state index in [4.69, 9.17) is 0 Å². The quantitative estimate of drug-likeness (QED) is 0.559. The SMILES string of the molecule is CC.CC.CC(C)=NNc1ccccc1. The van der Waals surface area contributed by atoms with Crippen LogP contribution in [-0.4, -0.2) is 5.71 Å². The average Bonchev–Trinajstić information content (AvgIpc) is 2.33. The highest BCUT2D eigenvalue weighted by molar-refractivity contribution is 5.79. The van der Waals surface area contributed by atoms with Crippen molar-refractivity contribution in [2.75, 3.05) is 5.43 Å². The molecule has 0 amide bonds. The highest BCUT2D eigenvalue weighted by Crippen LogP contribution is 2.03. The van der Waals surface area contributed by atoms with Crippen LogP contribution in [0.25, 0.3) is 0 Å². The second-order valence-corrected chi connectivity index (χ2v) is 2.54.